The largest absolute Gasteiger partial charge is 0.490 e. The van der Waals surface area contributed by atoms with E-state index in [0.29, 0.717) is 22.1 Å². The van der Waals surface area contributed by atoms with Gasteiger partial charge < -0.3 is 19.1 Å². The zero-order valence-electron chi connectivity index (χ0n) is 19.4. The molecule has 1 aliphatic rings. The van der Waals surface area contributed by atoms with Crippen LogP contribution in [-0.4, -0.2) is 31.2 Å². The summed E-state index contributed by atoms with van der Waals surface area (Å²) in [6.45, 7) is 2.28. The Morgan fingerprint density at radius 1 is 1.06 bits per heavy atom. The van der Waals surface area contributed by atoms with Gasteiger partial charge in [0.25, 0.3) is 5.91 Å². The minimum absolute atomic E-state index is 0.0304. The van der Waals surface area contributed by atoms with Crippen LogP contribution in [0.3, 0.4) is 0 Å². The molecule has 0 fully saturated rings. The SMILES string of the molecule is CCOC(=O)Cc1ccc(N2Cc3c(c(OC(F)F)c4ccccc4c3OC(C)C)C2=O)cc1F. The van der Waals surface area contributed by atoms with E-state index in [0.717, 1.165) is 6.07 Å². The van der Waals surface area contributed by atoms with Gasteiger partial charge in [-0.2, -0.15) is 8.78 Å². The number of anilines is 1. The molecule has 0 aromatic heterocycles. The Morgan fingerprint density at radius 2 is 1.74 bits per heavy atom. The van der Waals surface area contributed by atoms with E-state index < -0.39 is 24.3 Å². The van der Waals surface area contributed by atoms with Gasteiger partial charge in [-0.25, -0.2) is 4.39 Å². The number of esters is 1. The summed E-state index contributed by atoms with van der Waals surface area (Å²) in [5.41, 5.74) is 0.663. The van der Waals surface area contributed by atoms with Gasteiger partial charge in [0.05, 0.1) is 31.2 Å². The summed E-state index contributed by atoms with van der Waals surface area (Å²) in [7, 11) is 0. The van der Waals surface area contributed by atoms with Crippen molar-refractivity contribution in [3.63, 3.8) is 0 Å². The average Bonchev–Trinajstić information content (AvgIpc) is 3.14. The van der Waals surface area contributed by atoms with Crippen molar-refractivity contribution in [1.29, 1.82) is 0 Å². The van der Waals surface area contributed by atoms with Crippen LogP contribution in [0.25, 0.3) is 10.8 Å². The van der Waals surface area contributed by atoms with Gasteiger partial charge in [-0.05, 0) is 38.5 Å². The number of amides is 1. The molecule has 0 bridgehead atoms. The van der Waals surface area contributed by atoms with Gasteiger partial charge >= 0.3 is 12.6 Å². The molecule has 6 nitrogen and oxygen atoms in total. The molecule has 0 saturated heterocycles. The predicted octanol–water partition coefficient (Wildman–Crippen LogP) is 5.63. The Morgan fingerprint density at radius 3 is 2.34 bits per heavy atom. The first kappa shape index (κ1) is 24.4. The molecule has 0 spiro atoms. The van der Waals surface area contributed by atoms with E-state index in [-0.39, 0.29) is 48.2 Å². The number of hydrogen-bond acceptors (Lipinski definition) is 5. The summed E-state index contributed by atoms with van der Waals surface area (Å²) in [4.78, 5) is 26.5. The van der Waals surface area contributed by atoms with Crippen molar-refractivity contribution < 1.29 is 37.0 Å². The smallest absolute Gasteiger partial charge is 0.387 e. The summed E-state index contributed by atoms with van der Waals surface area (Å²) < 4.78 is 57.2. The molecule has 0 N–H and O–H groups in total. The van der Waals surface area contributed by atoms with E-state index in [1.54, 1.807) is 31.2 Å². The second kappa shape index (κ2) is 9.85. The first-order valence-electron chi connectivity index (χ1n) is 11.2. The number of benzene rings is 3. The lowest BCUT2D eigenvalue weighted by molar-refractivity contribution is -0.142. The molecule has 0 aliphatic carbocycles. The van der Waals surface area contributed by atoms with Crippen LogP contribution >= 0.6 is 0 Å². The quantitative estimate of drug-likeness (QED) is 0.385. The highest BCUT2D eigenvalue weighted by atomic mass is 19.3. The van der Waals surface area contributed by atoms with Crippen molar-refractivity contribution in [3.8, 4) is 11.5 Å². The zero-order valence-corrected chi connectivity index (χ0v) is 19.4. The average molecular weight is 487 g/mol. The number of fused-ring (bicyclic) bond motifs is 2. The fourth-order valence-corrected chi connectivity index (χ4v) is 4.17. The number of carbonyl (C=O) groups excluding carboxylic acids is 2. The molecule has 3 aromatic rings. The highest BCUT2D eigenvalue weighted by Gasteiger charge is 2.38. The molecule has 3 aromatic carbocycles. The molecule has 0 radical (unpaired) electrons. The number of hydrogen-bond donors (Lipinski definition) is 0. The zero-order chi connectivity index (χ0) is 25.3. The van der Waals surface area contributed by atoms with Crippen LogP contribution in [0, 0.1) is 5.82 Å². The number of alkyl halides is 2. The summed E-state index contributed by atoms with van der Waals surface area (Å²) in [5, 5.41) is 0.842. The summed E-state index contributed by atoms with van der Waals surface area (Å²) in [6, 6.07) is 10.7. The highest BCUT2D eigenvalue weighted by Crippen LogP contribution is 2.46. The number of rotatable bonds is 8. The fourth-order valence-electron chi connectivity index (χ4n) is 4.17. The van der Waals surface area contributed by atoms with Crippen molar-refractivity contribution >= 4 is 28.3 Å². The Bertz CT molecular complexity index is 1290. The Labute approximate surface area is 200 Å². The molecule has 1 amide bonds. The first-order chi connectivity index (χ1) is 16.7. The second-order valence-corrected chi connectivity index (χ2v) is 8.25. The molecule has 4 rings (SSSR count). The third-order valence-electron chi connectivity index (χ3n) is 5.54. The van der Waals surface area contributed by atoms with Gasteiger partial charge in [-0.3, -0.25) is 9.59 Å². The molecule has 1 aliphatic heterocycles. The third kappa shape index (κ3) is 4.76. The van der Waals surface area contributed by atoms with Crippen LogP contribution < -0.4 is 14.4 Å². The van der Waals surface area contributed by atoms with Crippen LogP contribution in [0.2, 0.25) is 0 Å². The van der Waals surface area contributed by atoms with Crippen molar-refractivity contribution in [2.45, 2.75) is 46.5 Å². The van der Waals surface area contributed by atoms with Gasteiger partial charge in [0.1, 0.15) is 17.3 Å². The normalized spacial score (nSPS) is 13.0. The van der Waals surface area contributed by atoms with E-state index in [9.17, 15) is 22.8 Å². The van der Waals surface area contributed by atoms with Crippen LogP contribution in [-0.2, 0) is 22.5 Å². The van der Waals surface area contributed by atoms with Gasteiger partial charge in [0, 0.05) is 22.0 Å². The summed E-state index contributed by atoms with van der Waals surface area (Å²) in [5.74, 6) is -1.73. The van der Waals surface area contributed by atoms with Crippen molar-refractivity contribution in [2.24, 2.45) is 0 Å². The molecule has 9 heteroatoms. The van der Waals surface area contributed by atoms with E-state index in [4.69, 9.17) is 14.2 Å². The van der Waals surface area contributed by atoms with Crippen molar-refractivity contribution in [1.82, 2.24) is 0 Å². The Hall–Kier alpha value is -3.75. The minimum Gasteiger partial charge on any atom is -0.490 e. The van der Waals surface area contributed by atoms with Crippen LogP contribution in [0.4, 0.5) is 18.9 Å². The molecule has 0 saturated carbocycles. The lowest BCUT2D eigenvalue weighted by Gasteiger charge is -2.19. The Kier molecular flexibility index (Phi) is 6.86. The van der Waals surface area contributed by atoms with Gasteiger partial charge in [0.2, 0.25) is 0 Å². The topological polar surface area (TPSA) is 65.1 Å². The molecule has 184 valence electrons. The van der Waals surface area contributed by atoms with Gasteiger partial charge in [0.15, 0.2) is 0 Å². The van der Waals surface area contributed by atoms with Crippen LogP contribution in [0.15, 0.2) is 42.5 Å². The molecule has 1 heterocycles. The monoisotopic (exact) mass is 487 g/mol. The Balaban J connectivity index is 1.81. The predicted molar refractivity (Wildman–Crippen MR) is 124 cm³/mol. The first-order valence-corrected chi connectivity index (χ1v) is 11.2. The van der Waals surface area contributed by atoms with Gasteiger partial charge in [-0.15, -0.1) is 0 Å². The maximum Gasteiger partial charge on any atom is 0.387 e. The molecular weight excluding hydrogens is 463 g/mol. The van der Waals surface area contributed by atoms with E-state index in [2.05, 4.69) is 0 Å². The maximum atomic E-state index is 14.8. The highest BCUT2D eigenvalue weighted by molar-refractivity contribution is 6.16. The third-order valence-corrected chi connectivity index (χ3v) is 5.54. The number of halogens is 3. The van der Waals surface area contributed by atoms with Crippen molar-refractivity contribution in [2.75, 3.05) is 11.5 Å². The standard InChI is InChI=1S/C26H24F3NO5/c1-4-33-21(31)11-15-9-10-16(12-20(15)27)30-13-19-22(25(30)32)24(35-26(28)29)18-8-6-5-7-17(18)23(19)34-14(2)3/h5-10,12,14,26H,4,11,13H2,1-3H3. The lowest BCUT2D eigenvalue weighted by Crippen LogP contribution is -2.23. The second-order valence-electron chi connectivity index (χ2n) is 8.25. The lowest BCUT2D eigenvalue weighted by atomic mass is 9.99. The fraction of sp³-hybridized carbons (Fsp3) is 0.308. The molecule has 35 heavy (non-hydrogen) atoms. The maximum absolute atomic E-state index is 14.8. The molecule has 0 atom stereocenters. The van der Waals surface area contributed by atoms with Gasteiger partial charge in [-0.1, -0.05) is 30.3 Å². The summed E-state index contributed by atoms with van der Waals surface area (Å²) >= 11 is 0. The van der Waals surface area contributed by atoms with Crippen LogP contribution in [0.5, 0.6) is 11.5 Å². The minimum atomic E-state index is -3.15. The van der Waals surface area contributed by atoms with Crippen LogP contribution in [0.1, 0.15) is 42.3 Å². The van der Waals surface area contributed by atoms with E-state index in [1.165, 1.54) is 17.0 Å². The molecular formula is C26H24F3NO5. The van der Waals surface area contributed by atoms with E-state index >= 15 is 0 Å². The molecule has 0 unspecified atom stereocenters. The summed E-state index contributed by atoms with van der Waals surface area (Å²) in [6.07, 6.45) is -0.508. The van der Waals surface area contributed by atoms with Crippen molar-refractivity contribution in [3.05, 3.63) is 65.0 Å². The van der Waals surface area contributed by atoms with E-state index in [1.807, 2.05) is 13.8 Å². The number of ether oxygens (including phenoxy) is 3. The number of carbonyl (C=O) groups is 2. The number of nitrogens with zero attached hydrogens (tertiary/aromatic N) is 1.